The van der Waals surface area contributed by atoms with Crippen molar-refractivity contribution in [3.8, 4) is 0 Å². The zero-order valence-corrected chi connectivity index (χ0v) is 20.0. The van der Waals surface area contributed by atoms with Gasteiger partial charge in [0.05, 0.1) is 6.42 Å². The second kappa shape index (κ2) is 8.24. The highest BCUT2D eigenvalue weighted by molar-refractivity contribution is 5.87. The third-order valence-electron chi connectivity index (χ3n) is 10.4. The van der Waals surface area contributed by atoms with Crippen molar-refractivity contribution in [2.45, 2.75) is 105 Å². The van der Waals surface area contributed by atoms with Crippen molar-refractivity contribution in [2.24, 2.45) is 52.3 Å². The number of hydrogen-bond donors (Lipinski definition) is 0. The summed E-state index contributed by atoms with van der Waals surface area (Å²) in [6.07, 6.45) is 12.7. The van der Waals surface area contributed by atoms with E-state index in [9.17, 15) is 9.59 Å². The Morgan fingerprint density at radius 2 is 1.63 bits per heavy atom. The molecule has 3 saturated carbocycles. The molecule has 3 heteroatoms. The smallest absolute Gasteiger partial charge is 0.314 e. The molecule has 30 heavy (non-hydrogen) atoms. The molecule has 3 nitrogen and oxygen atoms in total. The standard InChI is InChI=1S/C27H44O3/c1-17(2)7-6-8-18(3)21-11-12-22-20-10-9-19-15-24(28)30-25(29)16-27(19,5)23(20)13-14-26(21,22)4/h17-23H,6-16H2,1-5H3/t18-,19+,20+,21+,22-,23-,26-,27+/m1/s1. The summed E-state index contributed by atoms with van der Waals surface area (Å²) in [7, 11) is 0. The average molecular weight is 417 g/mol. The number of carbonyl (C=O) groups is 2. The Labute approximate surface area is 184 Å². The molecule has 0 amide bonds. The van der Waals surface area contributed by atoms with Crippen LogP contribution in [-0.4, -0.2) is 11.9 Å². The maximum absolute atomic E-state index is 12.4. The molecule has 3 aliphatic carbocycles. The fourth-order valence-electron chi connectivity index (χ4n) is 8.89. The molecule has 0 aromatic rings. The van der Waals surface area contributed by atoms with Crippen molar-refractivity contribution in [3.63, 3.8) is 0 Å². The molecule has 0 radical (unpaired) electrons. The van der Waals surface area contributed by atoms with E-state index in [0.717, 1.165) is 36.0 Å². The van der Waals surface area contributed by atoms with E-state index in [4.69, 9.17) is 4.74 Å². The first kappa shape index (κ1) is 22.3. The molecule has 0 spiro atoms. The second-order valence-corrected chi connectivity index (χ2v) is 12.4. The number of esters is 2. The minimum Gasteiger partial charge on any atom is -0.393 e. The van der Waals surface area contributed by atoms with Crippen molar-refractivity contribution in [1.29, 1.82) is 0 Å². The van der Waals surface area contributed by atoms with Crippen LogP contribution in [0.2, 0.25) is 0 Å². The molecule has 170 valence electrons. The van der Waals surface area contributed by atoms with Crippen LogP contribution in [0.25, 0.3) is 0 Å². The largest absolute Gasteiger partial charge is 0.393 e. The molecule has 0 bridgehead atoms. The van der Waals surface area contributed by atoms with E-state index in [1.807, 2.05) is 0 Å². The summed E-state index contributed by atoms with van der Waals surface area (Å²) in [5.74, 6) is 4.39. The van der Waals surface area contributed by atoms with Gasteiger partial charge in [0.2, 0.25) is 0 Å². The Morgan fingerprint density at radius 1 is 0.900 bits per heavy atom. The van der Waals surface area contributed by atoms with Crippen LogP contribution in [0.15, 0.2) is 0 Å². The minimum absolute atomic E-state index is 0.0472. The van der Waals surface area contributed by atoms with Crippen LogP contribution in [0.5, 0.6) is 0 Å². The predicted molar refractivity (Wildman–Crippen MR) is 120 cm³/mol. The maximum Gasteiger partial charge on any atom is 0.314 e. The van der Waals surface area contributed by atoms with Gasteiger partial charge in [0, 0.05) is 6.42 Å². The quantitative estimate of drug-likeness (QED) is 0.366. The summed E-state index contributed by atoms with van der Waals surface area (Å²) in [5.41, 5.74) is 0.428. The normalized spacial score (nSPS) is 44.7. The highest BCUT2D eigenvalue weighted by Crippen LogP contribution is 2.67. The average Bonchev–Trinajstić information content (AvgIpc) is 2.94. The van der Waals surface area contributed by atoms with Gasteiger partial charge in [-0.2, -0.15) is 0 Å². The Morgan fingerprint density at radius 3 is 2.37 bits per heavy atom. The van der Waals surface area contributed by atoms with Crippen LogP contribution in [0.4, 0.5) is 0 Å². The van der Waals surface area contributed by atoms with Gasteiger partial charge >= 0.3 is 11.9 Å². The predicted octanol–water partition coefficient (Wildman–Crippen LogP) is 6.79. The Hall–Kier alpha value is -0.860. The van der Waals surface area contributed by atoms with Crippen molar-refractivity contribution < 1.29 is 14.3 Å². The number of fused-ring (bicyclic) bond motifs is 5. The van der Waals surface area contributed by atoms with Gasteiger partial charge in [-0.3, -0.25) is 9.59 Å². The van der Waals surface area contributed by atoms with Crippen LogP contribution in [0, 0.1) is 52.3 Å². The molecular formula is C27H44O3. The van der Waals surface area contributed by atoms with Crippen molar-refractivity contribution >= 4 is 11.9 Å². The summed E-state index contributed by atoms with van der Waals surface area (Å²) in [4.78, 5) is 24.5. The molecule has 4 fully saturated rings. The van der Waals surface area contributed by atoms with Crippen LogP contribution < -0.4 is 0 Å². The topological polar surface area (TPSA) is 43.4 Å². The Kier molecular flexibility index (Phi) is 6.14. The van der Waals surface area contributed by atoms with E-state index < -0.39 is 0 Å². The second-order valence-electron chi connectivity index (χ2n) is 12.4. The lowest BCUT2D eigenvalue weighted by atomic mass is 9.46. The molecule has 1 aliphatic heterocycles. The first-order valence-electron chi connectivity index (χ1n) is 12.9. The highest BCUT2D eigenvalue weighted by Gasteiger charge is 2.61. The summed E-state index contributed by atoms with van der Waals surface area (Å²) in [6, 6.07) is 0. The zero-order chi connectivity index (χ0) is 21.7. The molecular weight excluding hydrogens is 372 g/mol. The van der Waals surface area contributed by atoms with Gasteiger partial charge in [0.25, 0.3) is 0 Å². The highest BCUT2D eigenvalue weighted by atomic mass is 16.6. The van der Waals surface area contributed by atoms with Crippen molar-refractivity contribution in [1.82, 2.24) is 0 Å². The van der Waals surface area contributed by atoms with E-state index in [0.29, 0.717) is 30.1 Å². The minimum atomic E-state index is -0.288. The molecule has 0 unspecified atom stereocenters. The van der Waals surface area contributed by atoms with Crippen molar-refractivity contribution in [2.75, 3.05) is 0 Å². The zero-order valence-electron chi connectivity index (χ0n) is 20.0. The van der Waals surface area contributed by atoms with Crippen molar-refractivity contribution in [3.05, 3.63) is 0 Å². The lowest BCUT2D eigenvalue weighted by molar-refractivity contribution is -0.159. The number of rotatable bonds is 5. The van der Waals surface area contributed by atoms with Crippen LogP contribution in [-0.2, 0) is 14.3 Å². The van der Waals surface area contributed by atoms with Gasteiger partial charge in [-0.05, 0) is 90.8 Å². The van der Waals surface area contributed by atoms with Gasteiger partial charge in [-0.25, -0.2) is 0 Å². The first-order valence-corrected chi connectivity index (χ1v) is 12.9. The molecule has 0 aromatic carbocycles. The monoisotopic (exact) mass is 416 g/mol. The third kappa shape index (κ3) is 3.77. The molecule has 4 rings (SSSR count). The summed E-state index contributed by atoms with van der Waals surface area (Å²) in [5, 5.41) is 0. The molecule has 0 aromatic heterocycles. The van der Waals surface area contributed by atoms with Gasteiger partial charge in [0.1, 0.15) is 0 Å². The lowest BCUT2D eigenvalue weighted by Crippen LogP contribution is -2.52. The Balaban J connectivity index is 1.50. The lowest BCUT2D eigenvalue weighted by Gasteiger charge is -2.58. The Bertz CT molecular complexity index is 669. The molecule has 0 N–H and O–H groups in total. The SMILES string of the molecule is CC(C)CCC[C@@H](C)[C@@H]1CC[C@@H]2[C@@H]3CC[C@H]4CC(=O)OC(=O)C[C@]4(C)[C@@H]3CC[C@@]21C. The van der Waals surface area contributed by atoms with Gasteiger partial charge in [-0.1, -0.05) is 53.9 Å². The summed E-state index contributed by atoms with van der Waals surface area (Å²) >= 11 is 0. The van der Waals surface area contributed by atoms with E-state index in [-0.39, 0.29) is 17.4 Å². The maximum atomic E-state index is 12.4. The number of hydrogen-bond acceptors (Lipinski definition) is 3. The number of cyclic esters (lactones) is 2. The molecule has 1 heterocycles. The van der Waals surface area contributed by atoms with E-state index in [1.165, 1.54) is 51.4 Å². The number of ether oxygens (including phenoxy) is 1. The summed E-state index contributed by atoms with van der Waals surface area (Å²) < 4.78 is 5.08. The number of carbonyl (C=O) groups excluding carboxylic acids is 2. The van der Waals surface area contributed by atoms with Gasteiger partial charge in [0.15, 0.2) is 0 Å². The van der Waals surface area contributed by atoms with E-state index >= 15 is 0 Å². The fraction of sp³-hybridized carbons (Fsp3) is 0.926. The van der Waals surface area contributed by atoms with Crippen LogP contribution in [0.3, 0.4) is 0 Å². The van der Waals surface area contributed by atoms with E-state index in [1.54, 1.807) is 0 Å². The molecule has 1 saturated heterocycles. The first-order chi connectivity index (χ1) is 14.1. The van der Waals surface area contributed by atoms with E-state index in [2.05, 4.69) is 34.6 Å². The third-order valence-corrected chi connectivity index (χ3v) is 10.4. The summed E-state index contributed by atoms with van der Waals surface area (Å²) in [6.45, 7) is 12.1. The molecule has 8 atom stereocenters. The fourth-order valence-corrected chi connectivity index (χ4v) is 8.89. The molecule has 4 aliphatic rings. The van der Waals surface area contributed by atoms with Crippen LogP contribution in [0.1, 0.15) is 105 Å². The van der Waals surface area contributed by atoms with Gasteiger partial charge < -0.3 is 4.74 Å². The van der Waals surface area contributed by atoms with Gasteiger partial charge in [-0.15, -0.1) is 0 Å². The van der Waals surface area contributed by atoms with Crippen LogP contribution >= 0.6 is 0 Å².